The van der Waals surface area contributed by atoms with E-state index in [0.717, 1.165) is 32.4 Å². The molecule has 27 heavy (non-hydrogen) atoms. The summed E-state index contributed by atoms with van der Waals surface area (Å²) in [6, 6.07) is 5.85. The molecule has 6 nitrogen and oxygen atoms in total. The molecule has 0 bridgehead atoms. The van der Waals surface area contributed by atoms with E-state index in [-0.39, 0.29) is 30.6 Å². The van der Waals surface area contributed by atoms with Crippen LogP contribution in [0.2, 0.25) is 0 Å². The van der Waals surface area contributed by atoms with Crippen LogP contribution in [0.1, 0.15) is 56.3 Å². The van der Waals surface area contributed by atoms with E-state index >= 15 is 0 Å². The van der Waals surface area contributed by atoms with E-state index in [2.05, 4.69) is 24.1 Å². The largest absolute Gasteiger partial charge is 0.493 e. The molecule has 1 unspecified atom stereocenters. The van der Waals surface area contributed by atoms with Gasteiger partial charge in [0, 0.05) is 43.6 Å². The molecule has 0 radical (unpaired) electrons. The molecular formula is C21H32N2O4. The van der Waals surface area contributed by atoms with E-state index in [1.165, 1.54) is 7.11 Å². The van der Waals surface area contributed by atoms with Gasteiger partial charge in [-0.15, -0.1) is 0 Å². The number of ketones is 1. The summed E-state index contributed by atoms with van der Waals surface area (Å²) in [7, 11) is 3.09. The van der Waals surface area contributed by atoms with Gasteiger partial charge in [-0.2, -0.15) is 0 Å². The lowest BCUT2D eigenvalue weighted by Crippen LogP contribution is -2.39. The quantitative estimate of drug-likeness (QED) is 0.636. The Morgan fingerprint density at radius 2 is 1.85 bits per heavy atom. The summed E-state index contributed by atoms with van der Waals surface area (Å²) in [5.74, 6) is 0.965. The van der Waals surface area contributed by atoms with E-state index in [4.69, 9.17) is 9.47 Å². The number of hydrogen-bond donors (Lipinski definition) is 1. The first-order chi connectivity index (χ1) is 13.0. The van der Waals surface area contributed by atoms with Gasteiger partial charge in [0.2, 0.25) is 5.91 Å². The van der Waals surface area contributed by atoms with Crippen molar-refractivity contribution in [3.05, 3.63) is 23.8 Å². The van der Waals surface area contributed by atoms with Gasteiger partial charge in [-0.3, -0.25) is 14.5 Å². The maximum atomic E-state index is 12.4. The number of nitrogens with one attached hydrogen (secondary N) is 1. The average molecular weight is 376 g/mol. The van der Waals surface area contributed by atoms with Crippen LogP contribution in [0, 0.1) is 0 Å². The van der Waals surface area contributed by atoms with Crippen molar-refractivity contribution in [1.82, 2.24) is 10.2 Å². The summed E-state index contributed by atoms with van der Waals surface area (Å²) in [5.41, 5.74) is 0.529. The molecule has 0 spiro atoms. The molecule has 1 aliphatic rings. The second-order valence-corrected chi connectivity index (χ2v) is 7.01. The van der Waals surface area contributed by atoms with E-state index < -0.39 is 0 Å². The Hall–Kier alpha value is -2.08. The molecular weight excluding hydrogens is 344 g/mol. The molecule has 1 aliphatic heterocycles. The van der Waals surface area contributed by atoms with Crippen molar-refractivity contribution >= 4 is 11.7 Å². The number of rotatable bonds is 10. The fourth-order valence-electron chi connectivity index (χ4n) is 3.72. The van der Waals surface area contributed by atoms with Crippen LogP contribution in [0.3, 0.4) is 0 Å². The monoisotopic (exact) mass is 376 g/mol. The highest BCUT2D eigenvalue weighted by Gasteiger charge is 2.27. The van der Waals surface area contributed by atoms with Crippen molar-refractivity contribution in [3.8, 4) is 11.5 Å². The number of ether oxygens (including phenoxy) is 2. The molecule has 0 aliphatic carbocycles. The molecule has 1 aromatic carbocycles. The Labute approximate surface area is 162 Å². The second kappa shape index (κ2) is 10.3. The number of likely N-dealkylation sites (tertiary alicyclic amines) is 1. The van der Waals surface area contributed by atoms with E-state index in [9.17, 15) is 9.59 Å². The van der Waals surface area contributed by atoms with Gasteiger partial charge in [0.25, 0.3) is 0 Å². The Bertz CT molecular complexity index is 643. The van der Waals surface area contributed by atoms with Crippen molar-refractivity contribution in [2.45, 2.75) is 58.0 Å². The van der Waals surface area contributed by atoms with Gasteiger partial charge in [-0.05, 0) is 37.5 Å². The Morgan fingerprint density at radius 3 is 2.48 bits per heavy atom. The van der Waals surface area contributed by atoms with Crippen LogP contribution in [0.15, 0.2) is 18.2 Å². The Morgan fingerprint density at radius 1 is 1.15 bits per heavy atom. The number of carbonyl (C=O) groups is 2. The van der Waals surface area contributed by atoms with Gasteiger partial charge in [0.05, 0.1) is 14.2 Å². The number of carbonyl (C=O) groups excluding carboxylic acids is 2. The zero-order chi connectivity index (χ0) is 19.8. The number of hydrogen-bond acceptors (Lipinski definition) is 5. The third kappa shape index (κ3) is 5.70. The topological polar surface area (TPSA) is 67.9 Å². The van der Waals surface area contributed by atoms with Crippen molar-refractivity contribution in [1.29, 1.82) is 0 Å². The minimum absolute atomic E-state index is 0.0553. The summed E-state index contributed by atoms with van der Waals surface area (Å²) >= 11 is 0. The summed E-state index contributed by atoms with van der Waals surface area (Å²) in [6.07, 6.45) is 3.64. The van der Waals surface area contributed by atoms with E-state index in [1.807, 2.05) is 0 Å². The number of benzene rings is 1. The van der Waals surface area contributed by atoms with Crippen LogP contribution >= 0.6 is 0 Å². The van der Waals surface area contributed by atoms with Crippen LogP contribution in [0.5, 0.6) is 11.5 Å². The third-order valence-corrected chi connectivity index (χ3v) is 5.33. The third-order valence-electron chi connectivity index (χ3n) is 5.33. The fraction of sp³-hybridized carbons (Fsp3) is 0.619. The van der Waals surface area contributed by atoms with Crippen LogP contribution < -0.4 is 14.8 Å². The highest BCUT2D eigenvalue weighted by molar-refractivity contribution is 5.98. The van der Waals surface area contributed by atoms with Crippen molar-refractivity contribution in [2.24, 2.45) is 0 Å². The molecule has 6 heteroatoms. The molecule has 1 heterocycles. The smallest absolute Gasteiger partial charge is 0.220 e. The number of methoxy groups -OCH3 is 2. The normalized spacial score (nSPS) is 17.1. The lowest BCUT2D eigenvalue weighted by molar-refractivity contribution is -0.121. The number of amides is 1. The minimum atomic E-state index is -0.0730. The molecule has 0 saturated carbocycles. The molecule has 0 aromatic heterocycles. The number of Topliss-reactive ketones (excluding diaryl/α,β-unsaturated/α-hetero) is 1. The maximum Gasteiger partial charge on any atom is 0.220 e. The second-order valence-electron chi connectivity index (χ2n) is 7.01. The Kier molecular flexibility index (Phi) is 8.10. The zero-order valence-corrected chi connectivity index (χ0v) is 16.9. The van der Waals surface area contributed by atoms with E-state index in [1.54, 1.807) is 25.3 Å². The highest BCUT2D eigenvalue weighted by atomic mass is 16.5. The van der Waals surface area contributed by atoms with Gasteiger partial charge >= 0.3 is 0 Å². The molecule has 1 saturated heterocycles. The summed E-state index contributed by atoms with van der Waals surface area (Å²) in [4.78, 5) is 27.1. The molecule has 1 aromatic rings. The first-order valence-corrected chi connectivity index (χ1v) is 9.80. The van der Waals surface area contributed by atoms with Crippen LogP contribution in [0.4, 0.5) is 0 Å². The van der Waals surface area contributed by atoms with Gasteiger partial charge < -0.3 is 14.8 Å². The lowest BCUT2D eigenvalue weighted by atomic mass is 10.1. The van der Waals surface area contributed by atoms with Gasteiger partial charge in [0.1, 0.15) is 0 Å². The zero-order valence-electron chi connectivity index (χ0n) is 16.9. The van der Waals surface area contributed by atoms with Gasteiger partial charge in [-0.25, -0.2) is 0 Å². The number of nitrogens with zero attached hydrogens (tertiary/aromatic N) is 1. The van der Waals surface area contributed by atoms with Crippen LogP contribution in [0.25, 0.3) is 0 Å². The fourth-order valence-corrected chi connectivity index (χ4v) is 3.72. The van der Waals surface area contributed by atoms with Crippen molar-refractivity contribution in [3.63, 3.8) is 0 Å². The van der Waals surface area contributed by atoms with Crippen LogP contribution in [-0.4, -0.2) is 56.0 Å². The average Bonchev–Trinajstić information content (AvgIpc) is 3.14. The van der Waals surface area contributed by atoms with Crippen LogP contribution in [-0.2, 0) is 4.79 Å². The predicted molar refractivity (Wildman–Crippen MR) is 106 cm³/mol. The SMILES string of the molecule is CCC(CC)N1CCC(NC(=O)CCC(=O)c2ccc(OC)c(OC)c2)C1. The van der Waals surface area contributed by atoms with Crippen molar-refractivity contribution in [2.75, 3.05) is 27.3 Å². The molecule has 1 amide bonds. The van der Waals surface area contributed by atoms with Gasteiger partial charge in [0.15, 0.2) is 17.3 Å². The standard InChI is InChI=1S/C21H32N2O4/c1-5-17(6-2)23-12-11-16(14-23)22-21(25)10-8-18(24)15-7-9-19(26-3)20(13-15)27-4/h7,9,13,16-17H,5-6,8,10-12,14H2,1-4H3,(H,22,25). The summed E-state index contributed by atoms with van der Waals surface area (Å²) < 4.78 is 10.4. The summed E-state index contributed by atoms with van der Waals surface area (Å²) in [5, 5.41) is 3.08. The molecule has 150 valence electrons. The molecule has 1 fully saturated rings. The van der Waals surface area contributed by atoms with E-state index in [0.29, 0.717) is 23.1 Å². The van der Waals surface area contributed by atoms with Crippen molar-refractivity contribution < 1.29 is 19.1 Å². The lowest BCUT2D eigenvalue weighted by Gasteiger charge is -2.25. The first-order valence-electron chi connectivity index (χ1n) is 9.80. The molecule has 2 rings (SSSR count). The minimum Gasteiger partial charge on any atom is -0.493 e. The first kappa shape index (κ1) is 21.2. The van der Waals surface area contributed by atoms with Gasteiger partial charge in [-0.1, -0.05) is 13.8 Å². The maximum absolute atomic E-state index is 12.4. The summed E-state index contributed by atoms with van der Waals surface area (Å²) in [6.45, 7) is 6.35. The Balaban J connectivity index is 1.81. The predicted octanol–water partition coefficient (Wildman–Crippen LogP) is 3.05. The highest BCUT2D eigenvalue weighted by Crippen LogP contribution is 2.28. The molecule has 1 atom stereocenters. The molecule has 1 N–H and O–H groups in total.